The van der Waals surface area contributed by atoms with E-state index in [-0.39, 0.29) is 11.7 Å². The molecule has 0 aliphatic carbocycles. The summed E-state index contributed by atoms with van der Waals surface area (Å²) in [5.74, 6) is 0.607. The summed E-state index contributed by atoms with van der Waals surface area (Å²) in [6.07, 6.45) is 6.21. The van der Waals surface area contributed by atoms with E-state index in [9.17, 15) is 9.59 Å². The number of nitrogens with one attached hydrogen (secondary N) is 1. The number of anilines is 2. The Balaban J connectivity index is 1.47. The molecule has 1 saturated heterocycles. The summed E-state index contributed by atoms with van der Waals surface area (Å²) in [6.45, 7) is 2.68. The van der Waals surface area contributed by atoms with E-state index in [1.807, 2.05) is 0 Å². The largest absolute Gasteiger partial charge is 0.463 e. The molecule has 1 aliphatic rings. The number of carbonyl (C=O) groups excluding carboxylic acids is 2. The van der Waals surface area contributed by atoms with Crippen molar-refractivity contribution >= 4 is 34.0 Å². The number of furan rings is 1. The Morgan fingerprint density at radius 3 is 2.58 bits per heavy atom. The summed E-state index contributed by atoms with van der Waals surface area (Å²) in [6, 6.07) is 10.1. The van der Waals surface area contributed by atoms with Crippen molar-refractivity contribution < 1.29 is 18.7 Å². The SMILES string of the molecule is O=C(Nc1nc(-c2ccco2)c(C(=O)c2ccnc(N3CCOCC3)c2)s1)c1ccncc1. The fourth-order valence-corrected chi connectivity index (χ4v) is 4.36. The Hall–Kier alpha value is -3.89. The lowest BCUT2D eigenvalue weighted by molar-refractivity contribution is 0.102. The Morgan fingerprint density at radius 2 is 1.82 bits per heavy atom. The van der Waals surface area contributed by atoms with Gasteiger partial charge in [0.25, 0.3) is 5.91 Å². The van der Waals surface area contributed by atoms with Gasteiger partial charge in [-0.05, 0) is 36.4 Å². The Morgan fingerprint density at radius 1 is 1.03 bits per heavy atom. The molecule has 10 heteroatoms. The van der Waals surface area contributed by atoms with Gasteiger partial charge in [-0.1, -0.05) is 11.3 Å². The van der Waals surface area contributed by atoms with E-state index in [0.717, 1.165) is 17.2 Å². The van der Waals surface area contributed by atoms with Gasteiger partial charge in [-0.25, -0.2) is 9.97 Å². The zero-order chi connectivity index (χ0) is 22.6. The summed E-state index contributed by atoms with van der Waals surface area (Å²) in [5, 5.41) is 3.06. The molecular formula is C23H19N5O4S. The van der Waals surface area contributed by atoms with E-state index in [2.05, 4.69) is 25.2 Å². The summed E-state index contributed by atoms with van der Waals surface area (Å²) in [5.41, 5.74) is 1.30. The maximum Gasteiger partial charge on any atom is 0.257 e. The minimum atomic E-state index is -0.338. The highest BCUT2D eigenvalue weighted by molar-refractivity contribution is 7.18. The number of pyridine rings is 2. The van der Waals surface area contributed by atoms with Gasteiger partial charge in [-0.2, -0.15) is 0 Å². The summed E-state index contributed by atoms with van der Waals surface area (Å²) in [4.78, 5) is 41.4. The van der Waals surface area contributed by atoms with Crippen molar-refractivity contribution in [3.05, 3.63) is 77.3 Å². The number of amides is 1. The van der Waals surface area contributed by atoms with Crippen molar-refractivity contribution in [2.24, 2.45) is 0 Å². The van der Waals surface area contributed by atoms with Crippen LogP contribution in [0.3, 0.4) is 0 Å². The maximum absolute atomic E-state index is 13.5. The fourth-order valence-electron chi connectivity index (χ4n) is 3.44. The van der Waals surface area contributed by atoms with Gasteiger partial charge in [0.15, 0.2) is 10.9 Å². The highest BCUT2D eigenvalue weighted by atomic mass is 32.1. The lowest BCUT2D eigenvalue weighted by Crippen LogP contribution is -2.36. The Bertz CT molecular complexity index is 1270. The standard InChI is InChI=1S/C23H19N5O4S/c29-20(16-5-8-25-18(14-16)28-9-12-31-13-10-28)21-19(17-2-1-11-32-17)26-23(33-21)27-22(30)15-3-6-24-7-4-15/h1-8,11,14H,9-10,12-13H2,(H,26,27,30). The first-order chi connectivity index (χ1) is 16.2. The molecule has 1 amide bonds. The number of aromatic nitrogens is 3. The first-order valence-electron chi connectivity index (χ1n) is 10.3. The molecule has 1 fully saturated rings. The number of hydrogen-bond donors (Lipinski definition) is 1. The van der Waals surface area contributed by atoms with Crippen LogP contribution in [0.25, 0.3) is 11.5 Å². The molecule has 166 valence electrons. The molecule has 1 aliphatic heterocycles. The van der Waals surface area contributed by atoms with Gasteiger partial charge in [0.2, 0.25) is 5.78 Å². The van der Waals surface area contributed by atoms with Gasteiger partial charge in [-0.3, -0.25) is 19.9 Å². The van der Waals surface area contributed by atoms with Crippen LogP contribution in [0.4, 0.5) is 10.9 Å². The van der Waals surface area contributed by atoms with E-state index in [0.29, 0.717) is 58.9 Å². The molecule has 0 radical (unpaired) electrons. The molecule has 0 aromatic carbocycles. The molecule has 0 spiro atoms. The Labute approximate surface area is 193 Å². The molecule has 0 unspecified atom stereocenters. The smallest absolute Gasteiger partial charge is 0.257 e. The summed E-state index contributed by atoms with van der Waals surface area (Å²) < 4.78 is 10.9. The van der Waals surface area contributed by atoms with E-state index in [1.165, 1.54) is 18.7 Å². The van der Waals surface area contributed by atoms with Gasteiger partial charge < -0.3 is 14.1 Å². The van der Waals surface area contributed by atoms with Crippen molar-refractivity contribution in [2.75, 3.05) is 36.5 Å². The molecule has 4 aromatic rings. The topological polar surface area (TPSA) is 110 Å². The van der Waals surface area contributed by atoms with Crippen molar-refractivity contribution in [3.8, 4) is 11.5 Å². The van der Waals surface area contributed by atoms with Crippen molar-refractivity contribution in [1.82, 2.24) is 15.0 Å². The zero-order valence-electron chi connectivity index (χ0n) is 17.4. The average molecular weight is 462 g/mol. The molecule has 5 heterocycles. The molecule has 1 N–H and O–H groups in total. The van der Waals surface area contributed by atoms with Crippen LogP contribution in [0.2, 0.25) is 0 Å². The van der Waals surface area contributed by atoms with Crippen molar-refractivity contribution in [2.45, 2.75) is 0 Å². The molecule has 4 aromatic heterocycles. The third-order valence-corrected chi connectivity index (χ3v) is 6.06. The molecule has 9 nitrogen and oxygen atoms in total. The van der Waals surface area contributed by atoms with E-state index >= 15 is 0 Å². The monoisotopic (exact) mass is 461 g/mol. The summed E-state index contributed by atoms with van der Waals surface area (Å²) >= 11 is 1.10. The predicted molar refractivity (Wildman–Crippen MR) is 123 cm³/mol. The zero-order valence-corrected chi connectivity index (χ0v) is 18.2. The number of ketones is 1. The first kappa shape index (κ1) is 21.0. The van der Waals surface area contributed by atoms with Crippen LogP contribution in [0.1, 0.15) is 25.6 Å². The molecule has 5 rings (SSSR count). The van der Waals surface area contributed by atoms with Gasteiger partial charge in [0.05, 0.1) is 19.5 Å². The number of thiazole rings is 1. The molecule has 0 bridgehead atoms. The number of nitrogens with zero attached hydrogens (tertiary/aromatic N) is 4. The van der Waals surface area contributed by atoms with Crippen LogP contribution in [-0.4, -0.2) is 52.9 Å². The highest BCUT2D eigenvalue weighted by Crippen LogP contribution is 2.34. The van der Waals surface area contributed by atoms with E-state index in [4.69, 9.17) is 9.15 Å². The van der Waals surface area contributed by atoms with Crippen molar-refractivity contribution in [1.29, 1.82) is 0 Å². The molecular weight excluding hydrogens is 442 g/mol. The third kappa shape index (κ3) is 4.52. The number of morpholine rings is 1. The van der Waals surface area contributed by atoms with Crippen LogP contribution in [0, 0.1) is 0 Å². The van der Waals surface area contributed by atoms with Crippen molar-refractivity contribution in [3.63, 3.8) is 0 Å². The van der Waals surface area contributed by atoms with Crippen LogP contribution < -0.4 is 10.2 Å². The molecule has 0 atom stereocenters. The van der Waals surface area contributed by atoms with Gasteiger partial charge in [0, 0.05) is 42.8 Å². The molecule has 33 heavy (non-hydrogen) atoms. The second kappa shape index (κ2) is 9.31. The lowest BCUT2D eigenvalue weighted by atomic mass is 10.1. The second-order valence-corrected chi connectivity index (χ2v) is 8.19. The average Bonchev–Trinajstić information content (AvgIpc) is 3.55. The normalized spacial score (nSPS) is 13.6. The lowest BCUT2D eigenvalue weighted by Gasteiger charge is -2.27. The van der Waals surface area contributed by atoms with Crippen LogP contribution in [-0.2, 0) is 4.74 Å². The van der Waals surface area contributed by atoms with Crippen LogP contribution in [0.5, 0.6) is 0 Å². The second-order valence-electron chi connectivity index (χ2n) is 7.20. The van der Waals surface area contributed by atoms with Crippen LogP contribution in [0.15, 0.2) is 65.7 Å². The minimum Gasteiger partial charge on any atom is -0.463 e. The van der Waals surface area contributed by atoms with Gasteiger partial charge in [-0.15, -0.1) is 0 Å². The highest BCUT2D eigenvalue weighted by Gasteiger charge is 2.24. The summed E-state index contributed by atoms with van der Waals surface area (Å²) in [7, 11) is 0. The number of rotatable bonds is 6. The number of hydrogen-bond acceptors (Lipinski definition) is 9. The van der Waals surface area contributed by atoms with Crippen LogP contribution >= 0.6 is 11.3 Å². The number of carbonyl (C=O) groups is 2. The minimum absolute atomic E-state index is 0.222. The first-order valence-corrected chi connectivity index (χ1v) is 11.1. The van der Waals surface area contributed by atoms with Gasteiger partial charge in [0.1, 0.15) is 16.4 Å². The predicted octanol–water partition coefficient (Wildman–Crippen LogP) is 3.51. The quantitative estimate of drug-likeness (QED) is 0.434. The molecule has 0 saturated carbocycles. The maximum atomic E-state index is 13.5. The van der Waals surface area contributed by atoms with E-state index in [1.54, 1.807) is 42.6 Å². The van der Waals surface area contributed by atoms with Gasteiger partial charge >= 0.3 is 0 Å². The number of ether oxygens (including phenoxy) is 1. The van der Waals surface area contributed by atoms with E-state index < -0.39 is 0 Å². The fraction of sp³-hybridized carbons (Fsp3) is 0.174. The Kier molecular flexibility index (Phi) is 5.92. The third-order valence-electron chi connectivity index (χ3n) is 5.09.